The van der Waals surface area contributed by atoms with Gasteiger partial charge in [0.1, 0.15) is 0 Å². The summed E-state index contributed by atoms with van der Waals surface area (Å²) in [5.41, 5.74) is 0.432. The van der Waals surface area contributed by atoms with Gasteiger partial charge in [0, 0.05) is 12.5 Å². The Labute approximate surface area is 136 Å². The Morgan fingerprint density at radius 1 is 0.909 bits per heavy atom. The van der Waals surface area contributed by atoms with Crippen LogP contribution in [0.1, 0.15) is 77.0 Å². The summed E-state index contributed by atoms with van der Waals surface area (Å²) in [6, 6.07) is 0. The van der Waals surface area contributed by atoms with E-state index in [0.29, 0.717) is 11.3 Å². The van der Waals surface area contributed by atoms with Gasteiger partial charge in [-0.3, -0.25) is 4.79 Å². The number of hydrogen-bond acceptors (Lipinski definition) is 2. The summed E-state index contributed by atoms with van der Waals surface area (Å²) in [5.74, 6) is 1.46. The molecular formula is C19H34N2O. The fraction of sp³-hybridized carbons (Fsp3) is 0.947. The molecule has 126 valence electrons. The highest BCUT2D eigenvalue weighted by Crippen LogP contribution is 2.47. The van der Waals surface area contributed by atoms with Gasteiger partial charge in [0.2, 0.25) is 5.91 Å². The van der Waals surface area contributed by atoms with Gasteiger partial charge < -0.3 is 10.6 Å². The number of carbonyl (C=O) groups is 1. The molecule has 2 aliphatic carbocycles. The summed E-state index contributed by atoms with van der Waals surface area (Å²) >= 11 is 0. The van der Waals surface area contributed by atoms with Gasteiger partial charge in [0.15, 0.2) is 0 Å². The fourth-order valence-electron chi connectivity index (χ4n) is 5.19. The second kappa shape index (κ2) is 7.81. The summed E-state index contributed by atoms with van der Waals surface area (Å²) in [6.45, 7) is 2.97. The van der Waals surface area contributed by atoms with Crippen molar-refractivity contribution in [1.82, 2.24) is 10.6 Å². The van der Waals surface area contributed by atoms with Gasteiger partial charge in [-0.25, -0.2) is 0 Å². The van der Waals surface area contributed by atoms with Crippen LogP contribution in [0.15, 0.2) is 0 Å². The third-order valence-electron chi connectivity index (χ3n) is 6.65. The summed E-state index contributed by atoms with van der Waals surface area (Å²) in [6.07, 6.45) is 15.9. The first-order valence-electron chi connectivity index (χ1n) is 9.79. The molecule has 0 radical (unpaired) electrons. The number of rotatable bonds is 4. The topological polar surface area (TPSA) is 41.1 Å². The molecule has 1 saturated heterocycles. The Bertz CT molecular complexity index is 350. The Morgan fingerprint density at radius 3 is 2.23 bits per heavy atom. The van der Waals surface area contributed by atoms with E-state index >= 15 is 0 Å². The number of amides is 1. The Morgan fingerprint density at radius 2 is 1.55 bits per heavy atom. The average Bonchev–Trinajstić information content (AvgIpc) is 2.62. The standard InChI is InChI=1S/C19H34N2O/c22-18(16-9-13-20-14-10-16)21-15-19(11-5-2-6-12-19)17-7-3-1-4-8-17/h16-17,20H,1-15H2,(H,21,22). The lowest BCUT2D eigenvalue weighted by Gasteiger charge is -2.46. The highest BCUT2D eigenvalue weighted by atomic mass is 16.1. The summed E-state index contributed by atoms with van der Waals surface area (Å²) < 4.78 is 0. The minimum absolute atomic E-state index is 0.258. The van der Waals surface area contributed by atoms with Crippen LogP contribution in [-0.2, 0) is 4.79 Å². The van der Waals surface area contributed by atoms with E-state index in [4.69, 9.17) is 0 Å². The first-order chi connectivity index (χ1) is 10.8. The molecular weight excluding hydrogens is 272 g/mol. The van der Waals surface area contributed by atoms with E-state index in [9.17, 15) is 4.79 Å². The third kappa shape index (κ3) is 3.84. The minimum Gasteiger partial charge on any atom is -0.355 e. The minimum atomic E-state index is 0.258. The lowest BCUT2D eigenvalue weighted by molar-refractivity contribution is -0.126. The molecule has 0 unspecified atom stereocenters. The average molecular weight is 306 g/mol. The van der Waals surface area contributed by atoms with Crippen molar-refractivity contribution in [2.75, 3.05) is 19.6 Å². The van der Waals surface area contributed by atoms with E-state index < -0.39 is 0 Å². The van der Waals surface area contributed by atoms with Crippen molar-refractivity contribution in [3.05, 3.63) is 0 Å². The molecule has 0 aromatic heterocycles. The van der Waals surface area contributed by atoms with E-state index in [1.54, 1.807) is 0 Å². The lowest BCUT2D eigenvalue weighted by atomic mass is 9.61. The zero-order valence-electron chi connectivity index (χ0n) is 14.2. The van der Waals surface area contributed by atoms with Gasteiger partial charge in [-0.05, 0) is 62.9 Å². The number of piperidine rings is 1. The van der Waals surface area contributed by atoms with E-state index in [1.807, 2.05) is 0 Å². The van der Waals surface area contributed by atoms with Crippen molar-refractivity contribution < 1.29 is 4.79 Å². The first-order valence-corrected chi connectivity index (χ1v) is 9.79. The summed E-state index contributed by atoms with van der Waals surface area (Å²) in [5, 5.41) is 6.75. The van der Waals surface area contributed by atoms with Crippen LogP contribution in [-0.4, -0.2) is 25.5 Å². The van der Waals surface area contributed by atoms with Crippen LogP contribution in [0.5, 0.6) is 0 Å². The van der Waals surface area contributed by atoms with Crippen molar-refractivity contribution in [3.8, 4) is 0 Å². The third-order valence-corrected chi connectivity index (χ3v) is 6.65. The Kier molecular flexibility index (Phi) is 5.78. The van der Waals surface area contributed by atoms with Crippen LogP contribution in [0.2, 0.25) is 0 Å². The van der Waals surface area contributed by atoms with Crippen molar-refractivity contribution in [1.29, 1.82) is 0 Å². The van der Waals surface area contributed by atoms with Crippen molar-refractivity contribution in [2.24, 2.45) is 17.3 Å². The van der Waals surface area contributed by atoms with Crippen LogP contribution < -0.4 is 10.6 Å². The van der Waals surface area contributed by atoms with Crippen LogP contribution in [0.25, 0.3) is 0 Å². The largest absolute Gasteiger partial charge is 0.355 e. The van der Waals surface area contributed by atoms with Gasteiger partial charge in [-0.2, -0.15) is 0 Å². The predicted molar refractivity (Wildman–Crippen MR) is 90.7 cm³/mol. The van der Waals surface area contributed by atoms with Crippen LogP contribution in [0.4, 0.5) is 0 Å². The van der Waals surface area contributed by atoms with Crippen molar-refractivity contribution >= 4 is 5.91 Å². The second-order valence-corrected chi connectivity index (χ2v) is 8.00. The molecule has 3 rings (SSSR count). The van der Waals surface area contributed by atoms with E-state index in [1.165, 1.54) is 64.2 Å². The number of hydrogen-bond donors (Lipinski definition) is 2. The molecule has 0 aromatic carbocycles. The molecule has 0 bridgehead atoms. The van der Waals surface area contributed by atoms with Crippen molar-refractivity contribution in [3.63, 3.8) is 0 Å². The monoisotopic (exact) mass is 306 g/mol. The summed E-state index contributed by atoms with van der Waals surface area (Å²) in [4.78, 5) is 12.5. The Balaban J connectivity index is 1.58. The van der Waals surface area contributed by atoms with Crippen LogP contribution in [0.3, 0.4) is 0 Å². The molecule has 0 spiro atoms. The normalized spacial score (nSPS) is 27.5. The van der Waals surface area contributed by atoms with E-state index in [0.717, 1.165) is 38.4 Å². The SMILES string of the molecule is O=C(NCC1(C2CCCCC2)CCCCC1)C1CCNCC1. The maximum absolute atomic E-state index is 12.5. The molecule has 0 atom stereocenters. The molecule has 22 heavy (non-hydrogen) atoms. The van der Waals surface area contributed by atoms with Gasteiger partial charge in [0.05, 0.1) is 0 Å². The molecule has 2 N–H and O–H groups in total. The lowest BCUT2D eigenvalue weighted by Crippen LogP contribution is -2.47. The molecule has 3 fully saturated rings. The van der Waals surface area contributed by atoms with Crippen LogP contribution in [0, 0.1) is 17.3 Å². The molecule has 1 aliphatic heterocycles. The summed E-state index contributed by atoms with van der Waals surface area (Å²) in [7, 11) is 0. The molecule has 3 nitrogen and oxygen atoms in total. The fourth-order valence-corrected chi connectivity index (χ4v) is 5.19. The Hall–Kier alpha value is -0.570. The quantitative estimate of drug-likeness (QED) is 0.832. The number of carbonyl (C=O) groups excluding carboxylic acids is 1. The highest BCUT2D eigenvalue weighted by Gasteiger charge is 2.40. The molecule has 2 saturated carbocycles. The van der Waals surface area contributed by atoms with Gasteiger partial charge in [0.25, 0.3) is 0 Å². The maximum Gasteiger partial charge on any atom is 0.223 e. The number of nitrogens with one attached hydrogen (secondary N) is 2. The molecule has 1 amide bonds. The predicted octanol–water partition coefficient (Wildman–Crippen LogP) is 3.63. The maximum atomic E-state index is 12.5. The molecule has 3 aliphatic rings. The van der Waals surface area contributed by atoms with Crippen LogP contribution >= 0.6 is 0 Å². The van der Waals surface area contributed by atoms with E-state index in [-0.39, 0.29) is 5.92 Å². The van der Waals surface area contributed by atoms with Crippen molar-refractivity contribution in [2.45, 2.75) is 77.0 Å². The van der Waals surface area contributed by atoms with Gasteiger partial charge in [-0.1, -0.05) is 38.5 Å². The van der Waals surface area contributed by atoms with Gasteiger partial charge >= 0.3 is 0 Å². The highest BCUT2D eigenvalue weighted by molar-refractivity contribution is 5.78. The zero-order chi connectivity index (χ0) is 15.3. The molecule has 1 heterocycles. The van der Waals surface area contributed by atoms with E-state index in [2.05, 4.69) is 10.6 Å². The zero-order valence-corrected chi connectivity index (χ0v) is 14.2. The second-order valence-electron chi connectivity index (χ2n) is 8.00. The molecule has 3 heteroatoms. The van der Waals surface area contributed by atoms with Gasteiger partial charge in [-0.15, -0.1) is 0 Å². The first kappa shape index (κ1) is 16.3. The molecule has 0 aromatic rings. The smallest absolute Gasteiger partial charge is 0.223 e.